The molecule has 258 valence electrons. The standard InChI is InChI=1S/C20H20ClNO4.C19H16ClNO3/c1-22-16-6-4-3-5-15(16)20(18(23)11-19(24)25-2)17(22)12-26-14-9-7-13(21)8-10-14;1-21-17-5-3-2-4-15(17)16(10-11-19(22)23)18(21)12-24-14-8-6-13(20)7-9-14/h3-10,18,23H,11-12H2,1-2H3;2-11H,12H2,1H3,(H,22,23)/b;11-10+. The summed E-state index contributed by atoms with van der Waals surface area (Å²) >= 11 is 11.8. The number of ether oxygens (including phenoxy) is 3. The molecule has 0 aliphatic rings. The van der Waals surface area contributed by atoms with Crippen LogP contribution in [0, 0.1) is 0 Å². The molecule has 1 unspecified atom stereocenters. The molecular weight excluding hydrogens is 679 g/mol. The number of carboxylic acids is 1. The van der Waals surface area contributed by atoms with Gasteiger partial charge in [0.05, 0.1) is 31.0 Å². The van der Waals surface area contributed by atoms with Crippen molar-refractivity contribution in [2.45, 2.75) is 25.7 Å². The number of para-hydroxylation sites is 2. The maximum absolute atomic E-state index is 11.6. The van der Waals surface area contributed by atoms with Crippen LogP contribution in [-0.4, -0.2) is 38.4 Å². The number of carbonyl (C=O) groups is 2. The number of carbonyl (C=O) groups excluding carboxylic acids is 1. The molecule has 1 atom stereocenters. The number of aryl methyl sites for hydroxylation is 2. The van der Waals surface area contributed by atoms with Gasteiger partial charge in [-0.25, -0.2) is 4.79 Å². The van der Waals surface area contributed by atoms with Crippen molar-refractivity contribution in [1.29, 1.82) is 0 Å². The van der Waals surface area contributed by atoms with Gasteiger partial charge in [-0.15, -0.1) is 0 Å². The van der Waals surface area contributed by atoms with Gasteiger partial charge in [-0.3, -0.25) is 4.79 Å². The number of rotatable bonds is 11. The van der Waals surface area contributed by atoms with E-state index in [1.807, 2.05) is 71.8 Å². The highest BCUT2D eigenvalue weighted by atomic mass is 35.5. The molecule has 50 heavy (non-hydrogen) atoms. The molecule has 2 N–H and O–H groups in total. The van der Waals surface area contributed by atoms with Crippen LogP contribution >= 0.6 is 23.2 Å². The van der Waals surface area contributed by atoms with E-state index in [4.69, 9.17) is 42.5 Å². The van der Waals surface area contributed by atoms with Crippen LogP contribution in [-0.2, 0) is 41.6 Å². The van der Waals surface area contributed by atoms with E-state index in [0.29, 0.717) is 33.7 Å². The predicted octanol–water partition coefficient (Wildman–Crippen LogP) is 8.52. The monoisotopic (exact) mass is 714 g/mol. The van der Waals surface area contributed by atoms with Gasteiger partial charge < -0.3 is 33.6 Å². The van der Waals surface area contributed by atoms with Crippen LogP contribution in [0.3, 0.4) is 0 Å². The Morgan fingerprint density at radius 3 is 1.76 bits per heavy atom. The van der Waals surface area contributed by atoms with E-state index in [2.05, 4.69) is 0 Å². The van der Waals surface area contributed by atoms with Gasteiger partial charge in [-0.05, 0) is 66.7 Å². The van der Waals surface area contributed by atoms with Crippen LogP contribution in [0.2, 0.25) is 10.0 Å². The van der Waals surface area contributed by atoms with Crippen LogP contribution in [0.15, 0.2) is 103 Å². The van der Waals surface area contributed by atoms with Crippen LogP contribution < -0.4 is 9.47 Å². The average Bonchev–Trinajstić information content (AvgIpc) is 3.56. The summed E-state index contributed by atoms with van der Waals surface area (Å²) in [5.74, 6) is -0.0617. The number of nitrogens with zero attached hydrogens (tertiary/aromatic N) is 2. The number of aliphatic hydroxyl groups is 1. The lowest BCUT2D eigenvalue weighted by atomic mass is 10.0. The highest BCUT2D eigenvalue weighted by Gasteiger charge is 2.24. The second kappa shape index (κ2) is 16.5. The van der Waals surface area contributed by atoms with Crippen LogP contribution in [0.5, 0.6) is 11.5 Å². The van der Waals surface area contributed by atoms with Gasteiger partial charge in [0.1, 0.15) is 24.7 Å². The van der Waals surface area contributed by atoms with Crippen LogP contribution in [0.25, 0.3) is 27.9 Å². The minimum Gasteiger partial charge on any atom is -0.487 e. The van der Waals surface area contributed by atoms with Crippen molar-refractivity contribution in [2.24, 2.45) is 14.1 Å². The first-order valence-corrected chi connectivity index (χ1v) is 16.4. The molecule has 6 aromatic rings. The Bertz CT molecular complexity index is 2130. The number of halogens is 2. The molecule has 0 spiro atoms. The smallest absolute Gasteiger partial charge is 0.328 e. The first-order chi connectivity index (χ1) is 24.1. The molecule has 11 heteroatoms. The summed E-state index contributed by atoms with van der Waals surface area (Å²) in [5.41, 5.74) is 5.23. The third-order valence-corrected chi connectivity index (χ3v) is 8.74. The lowest BCUT2D eigenvalue weighted by Gasteiger charge is -2.14. The Labute approximate surface area is 299 Å². The molecule has 2 heterocycles. The van der Waals surface area contributed by atoms with Crippen molar-refractivity contribution >= 4 is 63.0 Å². The molecule has 0 amide bonds. The molecule has 9 nitrogen and oxygen atoms in total. The van der Waals surface area contributed by atoms with E-state index in [1.165, 1.54) is 7.11 Å². The maximum Gasteiger partial charge on any atom is 0.328 e. The summed E-state index contributed by atoms with van der Waals surface area (Å²) in [6.45, 7) is 0.576. The minimum absolute atomic E-state index is 0.113. The summed E-state index contributed by atoms with van der Waals surface area (Å²) in [5, 5.41) is 22.8. The number of methoxy groups -OCH3 is 1. The predicted molar refractivity (Wildman–Crippen MR) is 196 cm³/mol. The summed E-state index contributed by atoms with van der Waals surface area (Å²) < 4.78 is 20.4. The zero-order valence-electron chi connectivity index (χ0n) is 27.7. The normalized spacial score (nSPS) is 11.7. The fourth-order valence-corrected chi connectivity index (χ4v) is 5.97. The maximum atomic E-state index is 11.6. The van der Waals surface area contributed by atoms with Crippen molar-refractivity contribution in [3.63, 3.8) is 0 Å². The van der Waals surface area contributed by atoms with Gasteiger partial charge in [0.2, 0.25) is 0 Å². The molecule has 0 aliphatic heterocycles. The lowest BCUT2D eigenvalue weighted by molar-refractivity contribution is -0.143. The zero-order chi connectivity index (χ0) is 35.8. The van der Waals surface area contributed by atoms with Crippen molar-refractivity contribution in [3.05, 3.63) is 136 Å². The average molecular weight is 716 g/mol. The molecule has 6 rings (SSSR count). The summed E-state index contributed by atoms with van der Waals surface area (Å²) in [4.78, 5) is 22.5. The van der Waals surface area contributed by atoms with Crippen molar-refractivity contribution in [1.82, 2.24) is 9.13 Å². The summed E-state index contributed by atoms with van der Waals surface area (Å²) in [7, 11) is 5.17. The van der Waals surface area contributed by atoms with E-state index in [9.17, 15) is 14.7 Å². The topological polar surface area (TPSA) is 112 Å². The number of esters is 1. The van der Waals surface area contributed by atoms with E-state index in [-0.39, 0.29) is 13.0 Å². The van der Waals surface area contributed by atoms with Crippen molar-refractivity contribution in [2.75, 3.05) is 7.11 Å². The SMILES string of the molecule is COC(=O)CC(O)c1c(COc2ccc(Cl)cc2)n(C)c2ccccc12.Cn1c(COc2ccc(Cl)cc2)c(/C=C/C(=O)O)c2ccccc21. The fraction of sp³-hybridized carbons (Fsp3) is 0.179. The number of aliphatic hydroxyl groups excluding tert-OH is 1. The summed E-state index contributed by atoms with van der Waals surface area (Å²) in [6, 6.07) is 29.8. The first kappa shape index (κ1) is 36.1. The third-order valence-electron chi connectivity index (χ3n) is 8.23. The van der Waals surface area contributed by atoms with Crippen molar-refractivity contribution in [3.8, 4) is 11.5 Å². The molecule has 4 aromatic carbocycles. The zero-order valence-corrected chi connectivity index (χ0v) is 29.2. The Morgan fingerprint density at radius 2 is 1.22 bits per heavy atom. The first-order valence-electron chi connectivity index (χ1n) is 15.6. The van der Waals surface area contributed by atoms with Gasteiger partial charge in [0.15, 0.2) is 0 Å². The number of hydrogen-bond acceptors (Lipinski definition) is 6. The fourth-order valence-electron chi connectivity index (χ4n) is 5.72. The Hall–Kier alpha value is -5.22. The summed E-state index contributed by atoms with van der Waals surface area (Å²) in [6.07, 6.45) is 1.68. The van der Waals surface area contributed by atoms with E-state index in [0.717, 1.165) is 44.8 Å². The number of fused-ring (bicyclic) bond motifs is 2. The Balaban J connectivity index is 0.000000195. The van der Waals surface area contributed by atoms with E-state index in [1.54, 1.807) is 54.6 Å². The Morgan fingerprint density at radius 1 is 0.740 bits per heavy atom. The molecular formula is C39H36Cl2N2O7. The van der Waals surface area contributed by atoms with Gasteiger partial charge >= 0.3 is 11.9 Å². The number of carboxylic acid groups (broad SMARTS) is 1. The molecule has 0 aliphatic carbocycles. The number of benzene rings is 4. The van der Waals surface area contributed by atoms with Gasteiger partial charge in [-0.2, -0.15) is 0 Å². The van der Waals surface area contributed by atoms with Gasteiger partial charge in [-0.1, -0.05) is 59.6 Å². The van der Waals surface area contributed by atoms with E-state index >= 15 is 0 Å². The third kappa shape index (κ3) is 8.49. The molecule has 0 bridgehead atoms. The second-order valence-electron chi connectivity index (χ2n) is 11.3. The second-order valence-corrected chi connectivity index (χ2v) is 12.2. The molecule has 0 saturated carbocycles. The highest BCUT2D eigenvalue weighted by molar-refractivity contribution is 6.30. The van der Waals surface area contributed by atoms with Gasteiger partial charge in [0.25, 0.3) is 0 Å². The van der Waals surface area contributed by atoms with Crippen LogP contribution in [0.1, 0.15) is 35.0 Å². The molecule has 0 saturated heterocycles. The van der Waals surface area contributed by atoms with E-state index < -0.39 is 18.0 Å². The molecule has 2 aromatic heterocycles. The molecule has 0 radical (unpaired) electrons. The highest BCUT2D eigenvalue weighted by Crippen LogP contribution is 2.33. The minimum atomic E-state index is -0.979. The number of aliphatic carboxylic acids is 1. The van der Waals surface area contributed by atoms with Crippen LogP contribution in [0.4, 0.5) is 0 Å². The van der Waals surface area contributed by atoms with Crippen molar-refractivity contribution < 1.29 is 34.0 Å². The number of hydrogen-bond donors (Lipinski definition) is 2. The largest absolute Gasteiger partial charge is 0.487 e. The molecule has 0 fully saturated rings. The lowest BCUT2D eigenvalue weighted by Crippen LogP contribution is -2.12. The Kier molecular flexibility index (Phi) is 11.9. The van der Waals surface area contributed by atoms with Gasteiger partial charge in [0, 0.05) is 63.1 Å². The quantitative estimate of drug-likeness (QED) is 0.102. The number of aromatic nitrogens is 2.